The van der Waals surface area contributed by atoms with Crippen LogP contribution in [0, 0.1) is 6.92 Å². The maximum atomic E-state index is 11.9. The third-order valence-electron chi connectivity index (χ3n) is 3.62. The smallest absolute Gasteiger partial charge is 0.287 e. The van der Waals surface area contributed by atoms with Crippen LogP contribution >= 0.6 is 0 Å². The van der Waals surface area contributed by atoms with Gasteiger partial charge in [-0.15, -0.1) is 0 Å². The minimum Gasteiger partial charge on any atom is -0.451 e. The Labute approximate surface area is 128 Å². The molecule has 0 fully saturated rings. The van der Waals surface area contributed by atoms with Crippen molar-refractivity contribution < 1.29 is 9.21 Å². The molecule has 0 aliphatic carbocycles. The van der Waals surface area contributed by atoms with E-state index < -0.39 is 0 Å². The lowest BCUT2D eigenvalue weighted by molar-refractivity contribution is 0.0937. The molecule has 5 heteroatoms. The first-order chi connectivity index (χ1) is 10.7. The summed E-state index contributed by atoms with van der Waals surface area (Å²) in [5, 5.41) is 6.92. The van der Waals surface area contributed by atoms with Gasteiger partial charge in [0.25, 0.3) is 5.91 Å². The monoisotopic (exact) mass is 295 g/mol. The molecule has 1 amide bonds. The zero-order valence-corrected chi connectivity index (χ0v) is 12.5. The molecule has 5 nitrogen and oxygen atoms in total. The van der Waals surface area contributed by atoms with Crippen LogP contribution in [0.25, 0.3) is 11.0 Å². The topological polar surface area (TPSA) is 67.2 Å². The van der Waals surface area contributed by atoms with Gasteiger partial charge in [-0.05, 0) is 30.7 Å². The predicted octanol–water partition coefficient (Wildman–Crippen LogP) is 3.11. The number of anilines is 1. The van der Waals surface area contributed by atoms with Crippen molar-refractivity contribution in [1.29, 1.82) is 0 Å². The molecule has 0 aliphatic rings. The van der Waals surface area contributed by atoms with Gasteiger partial charge < -0.3 is 15.1 Å². The molecule has 2 N–H and O–H groups in total. The van der Waals surface area contributed by atoms with Crippen LogP contribution in [0.5, 0.6) is 0 Å². The summed E-state index contributed by atoms with van der Waals surface area (Å²) in [6.07, 6.45) is 3.51. The Bertz CT molecular complexity index is 809. The number of amides is 1. The molecule has 22 heavy (non-hydrogen) atoms. The van der Waals surface area contributed by atoms with Gasteiger partial charge >= 0.3 is 0 Å². The van der Waals surface area contributed by atoms with Gasteiger partial charge in [0.05, 0.1) is 5.69 Å². The molecular weight excluding hydrogens is 278 g/mol. The van der Waals surface area contributed by atoms with Crippen molar-refractivity contribution in [2.45, 2.75) is 13.5 Å². The molecule has 0 aliphatic heterocycles. The van der Waals surface area contributed by atoms with Gasteiger partial charge in [-0.1, -0.05) is 12.1 Å². The van der Waals surface area contributed by atoms with Crippen LogP contribution in [0.4, 0.5) is 5.69 Å². The van der Waals surface area contributed by atoms with Crippen LogP contribution < -0.4 is 10.6 Å². The fourth-order valence-electron chi connectivity index (χ4n) is 2.53. The third kappa shape index (κ3) is 2.53. The van der Waals surface area contributed by atoms with Gasteiger partial charge in [-0.3, -0.25) is 9.78 Å². The number of hydrogen-bond acceptors (Lipinski definition) is 4. The molecular formula is C17H17N3O2. The molecule has 3 rings (SSSR count). The molecule has 0 atom stereocenters. The van der Waals surface area contributed by atoms with Crippen molar-refractivity contribution in [3.63, 3.8) is 0 Å². The van der Waals surface area contributed by atoms with Crippen molar-refractivity contribution in [3.8, 4) is 0 Å². The number of nitrogens with one attached hydrogen (secondary N) is 2. The van der Waals surface area contributed by atoms with Gasteiger partial charge in [0.1, 0.15) is 5.58 Å². The number of nitrogens with zero attached hydrogens (tertiary/aromatic N) is 1. The highest BCUT2D eigenvalue weighted by Gasteiger charge is 2.18. The first kappa shape index (κ1) is 14.1. The molecule has 0 spiro atoms. The highest BCUT2D eigenvalue weighted by molar-refractivity contribution is 5.99. The zero-order valence-electron chi connectivity index (χ0n) is 12.5. The number of carbonyl (C=O) groups excluding carboxylic acids is 1. The van der Waals surface area contributed by atoms with E-state index >= 15 is 0 Å². The number of aryl methyl sites for hydroxylation is 1. The van der Waals surface area contributed by atoms with Crippen LogP contribution in [0.3, 0.4) is 0 Å². The normalized spacial score (nSPS) is 10.6. The zero-order chi connectivity index (χ0) is 15.5. The van der Waals surface area contributed by atoms with Crippen molar-refractivity contribution in [2.24, 2.45) is 0 Å². The number of hydrogen-bond donors (Lipinski definition) is 2. The Morgan fingerprint density at radius 2 is 2.14 bits per heavy atom. The van der Waals surface area contributed by atoms with Gasteiger partial charge in [-0.2, -0.15) is 0 Å². The lowest BCUT2D eigenvalue weighted by Gasteiger charge is -2.07. The van der Waals surface area contributed by atoms with Gasteiger partial charge in [0.15, 0.2) is 5.76 Å². The first-order valence-electron chi connectivity index (χ1n) is 7.07. The minimum atomic E-state index is -0.208. The van der Waals surface area contributed by atoms with E-state index in [0.717, 1.165) is 27.8 Å². The van der Waals surface area contributed by atoms with Gasteiger partial charge in [0.2, 0.25) is 0 Å². The molecule has 0 radical (unpaired) electrons. The number of aromatic nitrogens is 1. The van der Waals surface area contributed by atoms with Crippen molar-refractivity contribution >= 4 is 22.6 Å². The summed E-state index contributed by atoms with van der Waals surface area (Å²) in [4.78, 5) is 15.9. The summed E-state index contributed by atoms with van der Waals surface area (Å²) < 4.78 is 5.69. The average Bonchev–Trinajstić information content (AvgIpc) is 2.91. The van der Waals surface area contributed by atoms with Crippen LogP contribution in [0.1, 0.15) is 21.7 Å². The standard InChI is InChI=1S/C17H17N3O2/c1-11-15-12(9-20-13-6-4-8-19-10-13)5-3-7-14(15)22-16(11)17(21)18-2/h3-8,10,20H,9H2,1-2H3,(H,18,21). The van der Waals surface area contributed by atoms with Crippen molar-refractivity contribution in [2.75, 3.05) is 12.4 Å². The van der Waals surface area contributed by atoms with E-state index in [1.54, 1.807) is 19.4 Å². The van der Waals surface area contributed by atoms with E-state index in [9.17, 15) is 4.79 Å². The summed E-state index contributed by atoms with van der Waals surface area (Å²) in [5.41, 5.74) is 3.62. The van der Waals surface area contributed by atoms with Crippen LogP contribution in [-0.2, 0) is 6.54 Å². The molecule has 0 unspecified atom stereocenters. The van der Waals surface area contributed by atoms with E-state index in [1.165, 1.54) is 0 Å². The van der Waals surface area contributed by atoms with E-state index in [-0.39, 0.29) is 5.91 Å². The van der Waals surface area contributed by atoms with E-state index in [2.05, 4.69) is 15.6 Å². The third-order valence-corrected chi connectivity index (χ3v) is 3.62. The van der Waals surface area contributed by atoms with Crippen molar-refractivity contribution in [1.82, 2.24) is 10.3 Å². The van der Waals surface area contributed by atoms with Crippen molar-refractivity contribution in [3.05, 3.63) is 59.6 Å². The Hall–Kier alpha value is -2.82. The Morgan fingerprint density at radius 1 is 1.27 bits per heavy atom. The molecule has 2 heterocycles. The number of furan rings is 1. The SMILES string of the molecule is CNC(=O)c1oc2cccc(CNc3cccnc3)c2c1C. The van der Waals surface area contributed by atoms with E-state index in [0.29, 0.717) is 12.3 Å². The summed E-state index contributed by atoms with van der Waals surface area (Å²) in [6, 6.07) is 9.68. The second kappa shape index (κ2) is 5.89. The van der Waals surface area contributed by atoms with E-state index in [1.807, 2.05) is 37.3 Å². The fraction of sp³-hybridized carbons (Fsp3) is 0.176. The molecule has 0 saturated heterocycles. The Kier molecular flexibility index (Phi) is 3.78. The Morgan fingerprint density at radius 3 is 2.86 bits per heavy atom. The number of fused-ring (bicyclic) bond motifs is 1. The summed E-state index contributed by atoms with van der Waals surface area (Å²) >= 11 is 0. The molecule has 0 saturated carbocycles. The minimum absolute atomic E-state index is 0.208. The number of pyridine rings is 1. The second-order valence-electron chi connectivity index (χ2n) is 5.02. The van der Waals surface area contributed by atoms with Crippen LogP contribution in [0.15, 0.2) is 47.1 Å². The lowest BCUT2D eigenvalue weighted by Crippen LogP contribution is -2.17. The maximum Gasteiger partial charge on any atom is 0.287 e. The molecule has 3 aromatic rings. The number of benzene rings is 1. The number of carbonyl (C=O) groups is 1. The second-order valence-corrected chi connectivity index (χ2v) is 5.02. The highest BCUT2D eigenvalue weighted by atomic mass is 16.3. The summed E-state index contributed by atoms with van der Waals surface area (Å²) in [7, 11) is 1.60. The van der Waals surface area contributed by atoms with Gasteiger partial charge in [-0.25, -0.2) is 0 Å². The first-order valence-corrected chi connectivity index (χ1v) is 7.07. The highest BCUT2D eigenvalue weighted by Crippen LogP contribution is 2.29. The summed E-state index contributed by atoms with van der Waals surface area (Å²) in [5.74, 6) is 0.159. The Balaban J connectivity index is 1.96. The average molecular weight is 295 g/mol. The largest absolute Gasteiger partial charge is 0.451 e. The number of rotatable bonds is 4. The predicted molar refractivity (Wildman–Crippen MR) is 85.9 cm³/mol. The van der Waals surface area contributed by atoms with Gasteiger partial charge in [0, 0.05) is 36.9 Å². The van der Waals surface area contributed by atoms with E-state index in [4.69, 9.17) is 4.42 Å². The molecule has 2 aromatic heterocycles. The molecule has 1 aromatic carbocycles. The molecule has 0 bridgehead atoms. The maximum absolute atomic E-state index is 11.9. The fourth-order valence-corrected chi connectivity index (χ4v) is 2.53. The summed E-state index contributed by atoms with van der Waals surface area (Å²) in [6.45, 7) is 2.54. The van der Waals surface area contributed by atoms with Crippen LogP contribution in [-0.4, -0.2) is 17.9 Å². The quantitative estimate of drug-likeness (QED) is 0.776. The molecule has 112 valence electrons. The lowest BCUT2D eigenvalue weighted by atomic mass is 10.1. The van der Waals surface area contributed by atoms with Crippen LogP contribution in [0.2, 0.25) is 0 Å².